The summed E-state index contributed by atoms with van der Waals surface area (Å²) in [6.07, 6.45) is -4.43. The molecule has 1 aromatic heterocycles. The van der Waals surface area contributed by atoms with Gasteiger partial charge in [0.25, 0.3) is 0 Å². The topological polar surface area (TPSA) is 69.5 Å². The van der Waals surface area contributed by atoms with Crippen LogP contribution >= 0.6 is 11.3 Å². The van der Waals surface area contributed by atoms with E-state index in [-0.39, 0.29) is 12.3 Å². The van der Waals surface area contributed by atoms with Crippen LogP contribution in [-0.4, -0.2) is 22.6 Å². The molecule has 130 valence electrons. The molecule has 0 unspecified atom stereocenters. The minimum Gasteiger partial charge on any atom is -0.508 e. The molecule has 0 fully saturated rings. The summed E-state index contributed by atoms with van der Waals surface area (Å²) in [5.41, 5.74) is -0.0631. The lowest BCUT2D eigenvalue weighted by molar-refractivity contribution is -0.140. The number of halogens is 3. The molecular weight excluding hydrogens is 341 g/mol. The van der Waals surface area contributed by atoms with Crippen molar-refractivity contribution in [3.05, 3.63) is 45.9 Å². The monoisotopic (exact) mass is 358 g/mol. The van der Waals surface area contributed by atoms with Gasteiger partial charge < -0.3 is 15.7 Å². The summed E-state index contributed by atoms with van der Waals surface area (Å²) in [6.45, 7) is 2.97. The van der Waals surface area contributed by atoms with Crippen LogP contribution in [0.1, 0.15) is 23.2 Å². The minimum absolute atomic E-state index is 0.145. The van der Waals surface area contributed by atoms with Gasteiger partial charge in [0.05, 0.1) is 13.1 Å². The zero-order chi connectivity index (χ0) is 17.6. The van der Waals surface area contributed by atoms with E-state index in [0.29, 0.717) is 24.1 Å². The zero-order valence-corrected chi connectivity index (χ0v) is 13.7. The molecule has 1 aromatic carbocycles. The number of benzene rings is 1. The number of aromatic nitrogens is 1. The quantitative estimate of drug-likeness (QED) is 0.567. The van der Waals surface area contributed by atoms with E-state index in [9.17, 15) is 18.3 Å². The Morgan fingerprint density at radius 3 is 2.75 bits per heavy atom. The van der Waals surface area contributed by atoms with Crippen LogP contribution in [0, 0.1) is 0 Å². The lowest BCUT2D eigenvalue weighted by Crippen LogP contribution is -2.36. The predicted octanol–water partition coefficient (Wildman–Crippen LogP) is 3.12. The number of aliphatic imine (C=N–C) groups is 1. The molecule has 0 saturated carbocycles. The number of nitrogens with one attached hydrogen (secondary N) is 2. The van der Waals surface area contributed by atoms with Crippen LogP contribution in [0.5, 0.6) is 5.75 Å². The van der Waals surface area contributed by atoms with Crippen molar-refractivity contribution in [3.63, 3.8) is 0 Å². The first-order chi connectivity index (χ1) is 11.4. The van der Waals surface area contributed by atoms with Gasteiger partial charge in [-0.2, -0.15) is 13.2 Å². The molecular formula is C15H17F3N4OS. The van der Waals surface area contributed by atoms with Crippen molar-refractivity contribution < 1.29 is 18.3 Å². The summed E-state index contributed by atoms with van der Waals surface area (Å²) >= 11 is 0.943. The van der Waals surface area contributed by atoms with E-state index in [1.807, 2.05) is 13.0 Å². The van der Waals surface area contributed by atoms with Crippen LogP contribution in [0.4, 0.5) is 13.2 Å². The van der Waals surface area contributed by atoms with Crippen molar-refractivity contribution >= 4 is 17.3 Å². The number of phenols is 1. The number of rotatable bonds is 5. The van der Waals surface area contributed by atoms with E-state index in [1.165, 1.54) is 0 Å². The molecule has 0 amide bonds. The standard InChI is InChI=1S/C15H17F3N4OS/c1-2-19-14(20-7-10-4-3-5-11(23)6-10)21-8-13-22-12(9-24-13)15(16,17)18/h3-6,9,23H,2,7-8H2,1H3,(H2,19,20,21). The molecule has 24 heavy (non-hydrogen) atoms. The number of hydrogen-bond donors (Lipinski definition) is 3. The third kappa shape index (κ3) is 5.41. The van der Waals surface area contributed by atoms with Crippen molar-refractivity contribution in [2.45, 2.75) is 26.2 Å². The second kappa shape index (κ2) is 8.00. The van der Waals surface area contributed by atoms with E-state index in [4.69, 9.17) is 0 Å². The number of guanidine groups is 1. The first-order valence-corrected chi connectivity index (χ1v) is 8.08. The fraction of sp³-hybridized carbons (Fsp3) is 0.333. The maximum Gasteiger partial charge on any atom is 0.434 e. The molecule has 3 N–H and O–H groups in total. The predicted molar refractivity (Wildman–Crippen MR) is 86.9 cm³/mol. The summed E-state index contributed by atoms with van der Waals surface area (Å²) in [7, 11) is 0. The Hall–Kier alpha value is -2.29. The Morgan fingerprint density at radius 2 is 2.12 bits per heavy atom. The summed E-state index contributed by atoms with van der Waals surface area (Å²) in [4.78, 5) is 7.89. The summed E-state index contributed by atoms with van der Waals surface area (Å²) in [6, 6.07) is 6.71. The van der Waals surface area contributed by atoms with Gasteiger partial charge >= 0.3 is 6.18 Å². The fourth-order valence-electron chi connectivity index (χ4n) is 1.85. The average Bonchev–Trinajstić information content (AvgIpc) is 2.99. The first-order valence-electron chi connectivity index (χ1n) is 7.20. The normalized spacial score (nSPS) is 12.2. The van der Waals surface area contributed by atoms with Crippen molar-refractivity contribution in [1.82, 2.24) is 15.6 Å². The smallest absolute Gasteiger partial charge is 0.434 e. The molecule has 5 nitrogen and oxygen atoms in total. The molecule has 2 aromatic rings. The first kappa shape index (κ1) is 18.1. The van der Waals surface area contributed by atoms with E-state index >= 15 is 0 Å². The molecule has 0 saturated heterocycles. The Kier molecular flexibility index (Phi) is 6.02. The minimum atomic E-state index is -4.43. The highest BCUT2D eigenvalue weighted by Gasteiger charge is 2.33. The maximum absolute atomic E-state index is 12.5. The van der Waals surface area contributed by atoms with Gasteiger partial charge in [0.15, 0.2) is 11.7 Å². The molecule has 0 radical (unpaired) electrons. The molecule has 1 heterocycles. The maximum atomic E-state index is 12.5. The van der Waals surface area contributed by atoms with Crippen molar-refractivity contribution in [2.75, 3.05) is 6.54 Å². The van der Waals surface area contributed by atoms with Gasteiger partial charge in [0, 0.05) is 11.9 Å². The molecule has 2 rings (SSSR count). The van der Waals surface area contributed by atoms with Gasteiger partial charge in [0.2, 0.25) is 0 Å². The van der Waals surface area contributed by atoms with Crippen LogP contribution in [0.15, 0.2) is 34.6 Å². The van der Waals surface area contributed by atoms with Gasteiger partial charge in [-0.25, -0.2) is 9.98 Å². The third-order valence-corrected chi connectivity index (χ3v) is 3.77. The Labute approximate surface area is 141 Å². The van der Waals surface area contributed by atoms with Crippen LogP contribution in [0.25, 0.3) is 0 Å². The Bertz CT molecular complexity index is 700. The highest BCUT2D eigenvalue weighted by Crippen LogP contribution is 2.29. The van der Waals surface area contributed by atoms with Crippen molar-refractivity contribution in [2.24, 2.45) is 4.99 Å². The lowest BCUT2D eigenvalue weighted by atomic mass is 10.2. The number of thiazole rings is 1. The SMILES string of the molecule is CCNC(=NCc1cccc(O)c1)NCc1nc(C(F)(F)F)cs1. The van der Waals surface area contributed by atoms with Gasteiger partial charge in [0.1, 0.15) is 10.8 Å². The second-order valence-electron chi connectivity index (χ2n) is 4.84. The number of nitrogens with zero attached hydrogens (tertiary/aromatic N) is 2. The van der Waals surface area contributed by atoms with Gasteiger partial charge in [-0.05, 0) is 24.6 Å². The molecule has 0 aliphatic carbocycles. The Balaban J connectivity index is 1.98. The molecule has 0 aliphatic rings. The Morgan fingerprint density at radius 1 is 1.33 bits per heavy atom. The largest absolute Gasteiger partial charge is 0.508 e. The van der Waals surface area contributed by atoms with E-state index in [0.717, 1.165) is 22.3 Å². The molecule has 0 atom stereocenters. The lowest BCUT2D eigenvalue weighted by Gasteiger charge is -2.10. The number of aromatic hydroxyl groups is 1. The van der Waals surface area contributed by atoms with Gasteiger partial charge in [-0.15, -0.1) is 11.3 Å². The van der Waals surface area contributed by atoms with Crippen LogP contribution in [0.2, 0.25) is 0 Å². The number of phenolic OH excluding ortho intramolecular Hbond substituents is 1. The van der Waals surface area contributed by atoms with Crippen LogP contribution < -0.4 is 10.6 Å². The molecule has 0 bridgehead atoms. The van der Waals surface area contributed by atoms with E-state index < -0.39 is 11.9 Å². The zero-order valence-electron chi connectivity index (χ0n) is 12.9. The molecule has 0 spiro atoms. The number of hydrogen-bond acceptors (Lipinski definition) is 4. The summed E-state index contributed by atoms with van der Waals surface area (Å²) < 4.78 is 37.6. The van der Waals surface area contributed by atoms with Crippen LogP contribution in [-0.2, 0) is 19.3 Å². The van der Waals surface area contributed by atoms with Crippen molar-refractivity contribution in [3.8, 4) is 5.75 Å². The molecule has 0 aliphatic heterocycles. The van der Waals surface area contributed by atoms with Gasteiger partial charge in [-0.1, -0.05) is 12.1 Å². The second-order valence-corrected chi connectivity index (χ2v) is 5.79. The summed E-state index contributed by atoms with van der Waals surface area (Å²) in [5, 5.41) is 16.7. The summed E-state index contributed by atoms with van der Waals surface area (Å²) in [5.74, 6) is 0.618. The van der Waals surface area contributed by atoms with Crippen molar-refractivity contribution in [1.29, 1.82) is 0 Å². The highest BCUT2D eigenvalue weighted by atomic mass is 32.1. The third-order valence-electron chi connectivity index (χ3n) is 2.92. The highest BCUT2D eigenvalue weighted by molar-refractivity contribution is 7.09. The van der Waals surface area contributed by atoms with Crippen LogP contribution in [0.3, 0.4) is 0 Å². The van der Waals surface area contributed by atoms with Gasteiger partial charge in [-0.3, -0.25) is 0 Å². The number of alkyl halides is 3. The fourth-order valence-corrected chi connectivity index (χ4v) is 2.59. The molecule has 9 heteroatoms. The van der Waals surface area contributed by atoms with E-state index in [1.54, 1.807) is 18.2 Å². The average molecular weight is 358 g/mol. The van der Waals surface area contributed by atoms with E-state index in [2.05, 4.69) is 20.6 Å².